The van der Waals surface area contributed by atoms with Gasteiger partial charge in [0.25, 0.3) is 23.6 Å². The zero-order valence-electron chi connectivity index (χ0n) is 74.0. The molecule has 0 aromatic heterocycles. The van der Waals surface area contributed by atoms with E-state index < -0.39 is 78.3 Å². The molecule has 15 aromatic carbocycles. The molecule has 0 saturated carbocycles. The van der Waals surface area contributed by atoms with Gasteiger partial charge in [0, 0.05) is 111 Å². The minimum absolute atomic E-state index is 0.0213. The molecule has 28 heteroatoms. The van der Waals surface area contributed by atoms with Crippen LogP contribution < -0.4 is 56.8 Å². The molecule has 2 atom stereocenters. The molecule has 28 nitrogen and oxygen atoms in total. The monoisotopic (exact) mass is 1850 g/mol. The topological polar surface area (TPSA) is 325 Å². The molecule has 17 rings (SSSR count). The Bertz CT molecular complexity index is 6520. The van der Waals surface area contributed by atoms with Crippen LogP contribution in [0, 0.1) is 0 Å². The van der Waals surface area contributed by atoms with Crippen LogP contribution in [0.5, 0.6) is 115 Å². The summed E-state index contributed by atoms with van der Waals surface area (Å²) in [5, 5.41) is 0.0470. The number of nitrogens with zero attached hydrogens (tertiary/aromatic N) is 2. The van der Waals surface area contributed by atoms with Gasteiger partial charge in [0.2, 0.25) is 0 Å². The molecule has 4 amide bonds. The van der Waals surface area contributed by atoms with Gasteiger partial charge in [-0.2, -0.15) is 0 Å². The highest BCUT2D eigenvalue weighted by molar-refractivity contribution is 6.45. The molecule has 2 aliphatic rings. The summed E-state index contributed by atoms with van der Waals surface area (Å²) in [5.41, 5.74) is 0.170. The minimum Gasteiger partial charge on any atom is -0.462 e. The molecule has 688 valence electrons. The lowest BCUT2D eigenvalue weighted by molar-refractivity contribution is -0.161. The van der Waals surface area contributed by atoms with Crippen LogP contribution in [0.1, 0.15) is 72.8 Å². The molecular formula is C110H82N2O26. The van der Waals surface area contributed by atoms with Crippen LogP contribution >= 0.6 is 0 Å². The lowest BCUT2D eigenvalue weighted by Crippen LogP contribution is -2.52. The first-order valence-corrected chi connectivity index (χ1v) is 43.5. The first-order chi connectivity index (χ1) is 67.2. The fraction of sp³-hybridized carbons (Fsp3) is 0.109. The Morgan fingerprint density at radius 3 is 0.812 bits per heavy atom. The van der Waals surface area contributed by atoms with E-state index in [1.54, 1.807) is 237 Å². The number of fused-ring (bicyclic) bond motifs is 2. The van der Waals surface area contributed by atoms with Crippen LogP contribution in [0.2, 0.25) is 0 Å². The predicted molar refractivity (Wildman–Crippen MR) is 507 cm³/mol. The van der Waals surface area contributed by atoms with Gasteiger partial charge in [0.15, 0.2) is 6.79 Å². The van der Waals surface area contributed by atoms with Gasteiger partial charge in [-0.25, -0.2) is 28.8 Å². The summed E-state index contributed by atoms with van der Waals surface area (Å²) < 4.78 is 99.6. The average Bonchev–Trinajstić information content (AvgIpc) is 0.668. The van der Waals surface area contributed by atoms with Crippen LogP contribution in [-0.2, 0) is 60.6 Å². The maximum absolute atomic E-state index is 16.9. The predicted octanol–water partition coefficient (Wildman–Crippen LogP) is 22.4. The Morgan fingerprint density at radius 1 is 0.275 bits per heavy atom. The number of esters is 6. The van der Waals surface area contributed by atoms with Gasteiger partial charge in [-0.3, -0.25) is 29.0 Å². The van der Waals surface area contributed by atoms with E-state index in [1.165, 1.54) is 48.5 Å². The molecule has 2 aliphatic heterocycles. The number of benzene rings is 15. The quantitative estimate of drug-likeness (QED) is 0.00503. The molecule has 0 spiro atoms. The van der Waals surface area contributed by atoms with Crippen LogP contribution in [-0.4, -0.2) is 115 Å². The number of rotatable bonds is 40. The summed E-state index contributed by atoms with van der Waals surface area (Å²) in [6.07, 6.45) is 4.09. The Morgan fingerprint density at radius 2 is 0.543 bits per heavy atom. The molecular weight excluding hydrogens is 1770 g/mol. The van der Waals surface area contributed by atoms with Gasteiger partial charge in [-0.05, 0) is 194 Å². The van der Waals surface area contributed by atoms with Gasteiger partial charge in [-0.15, -0.1) is 0 Å². The molecule has 138 heavy (non-hydrogen) atoms. The number of carbonyl (C=O) groups is 10. The maximum atomic E-state index is 16.9. The second-order valence-corrected chi connectivity index (χ2v) is 31.0. The van der Waals surface area contributed by atoms with Crippen LogP contribution in [0.3, 0.4) is 0 Å². The Balaban J connectivity index is 0.961. The largest absolute Gasteiger partial charge is 0.462 e. The molecule has 0 bridgehead atoms. The average molecular weight is 1850 g/mol. The maximum Gasteiger partial charge on any atom is 0.335 e. The molecule has 15 aromatic rings. The van der Waals surface area contributed by atoms with Gasteiger partial charge in [0.05, 0.1) is 35.5 Å². The zero-order chi connectivity index (χ0) is 96.0. The third-order valence-electron chi connectivity index (χ3n) is 21.9. The molecule has 2 heterocycles. The van der Waals surface area contributed by atoms with Gasteiger partial charge in [-0.1, -0.05) is 118 Å². The van der Waals surface area contributed by atoms with E-state index in [9.17, 15) is 19.2 Å². The zero-order valence-corrected chi connectivity index (χ0v) is 74.0. The number of hydrogen-bond acceptors (Lipinski definition) is 26. The van der Waals surface area contributed by atoms with Crippen molar-refractivity contribution in [3.8, 4) is 115 Å². The van der Waals surface area contributed by atoms with Crippen molar-refractivity contribution in [3.05, 3.63) is 363 Å². The van der Waals surface area contributed by atoms with E-state index in [0.717, 1.165) is 34.1 Å². The third kappa shape index (κ3) is 20.3. The second-order valence-electron chi connectivity index (χ2n) is 31.0. The van der Waals surface area contributed by atoms with E-state index in [4.69, 9.17) is 75.8 Å². The van der Waals surface area contributed by atoms with Crippen molar-refractivity contribution in [1.82, 2.24) is 9.80 Å². The summed E-state index contributed by atoms with van der Waals surface area (Å²) in [6, 6.07) is 70.1. The summed E-state index contributed by atoms with van der Waals surface area (Å²) in [5.74, 6) is -6.56. The Labute approximate surface area is 788 Å². The number of amides is 4. The summed E-state index contributed by atoms with van der Waals surface area (Å²) in [6.45, 7) is 17.3. The Hall–Kier alpha value is -18.0. The number of imide groups is 2. The van der Waals surface area contributed by atoms with Crippen LogP contribution in [0.25, 0.3) is 43.1 Å². The number of ether oxygens (including phenoxy) is 16. The van der Waals surface area contributed by atoms with E-state index in [1.807, 2.05) is 6.92 Å². The van der Waals surface area contributed by atoms with E-state index in [2.05, 4.69) is 26.3 Å². The van der Waals surface area contributed by atoms with Crippen LogP contribution in [0.15, 0.2) is 330 Å². The highest BCUT2D eigenvalue weighted by Gasteiger charge is 2.47. The van der Waals surface area contributed by atoms with Crippen molar-refractivity contribution in [3.63, 3.8) is 0 Å². The van der Waals surface area contributed by atoms with Crippen molar-refractivity contribution < 1.29 is 124 Å². The second kappa shape index (κ2) is 41.4. The lowest BCUT2D eigenvalue weighted by atomic mass is 9.80. The number of hydrogen-bond donors (Lipinski definition) is 0. The summed E-state index contributed by atoms with van der Waals surface area (Å²) >= 11 is 0. The molecule has 2 unspecified atom stereocenters. The standard InChI is InChI=1S/C110H82N2O26/c1-7-51-124-64-126-110(122)88(55-66-25-17-14-18-26-66)112-107(119)85-62-91(133-73-47-39-69(40-48-73)129-77-29-21-33-81(58-77)137-95(115)10-4)101-99-89(131-71-43-35-67(36-44-71)127-75-27-19-31-79(56-75)135-93(113)8-2)60-83-97-84(106(118)111(105(83)117)87(54-65-23-15-13-16-24-65)109(121)125-53-52-123-12-6)61-90(132-72-45-37-68(38-46-72)128-76-28-20-32-80(57-76)136-94(114)9-3)100(103(97)99)102-92(63-86(108(112)120)98(85)104(101)102)134-74-49-41-70(42-50-74)130-78-30-22-34-82(59-78)138-96(116)11-5/h8-11,13-50,56-63,87-88H,2-5,7,12,51-55,64H2,1,6H3. The minimum atomic E-state index is -1.71. The SMILES string of the molecule is C=CC(=O)Oc1cccc(Oc2ccc(Oc3cc4c5c(cc(Oc6ccc(Oc7cccc(OC(=O)C=C)c7)cc6)c6c7c(Oc8ccc(Oc9cccc(OC(=O)C=C)c9)cc8)cc8c9c(cc(Oc%10ccc(Oc%11cccc(OC(=O)C=C)c%11)cc%10)c(c3c56)c97)C(=O)N(C(Cc3ccccc3)C(=O)OCOCCC)C8=O)C(=O)N(C(Cc3ccccc3)C(=O)OCCOCC)C4=O)cc2)c1. The first-order valence-electron chi connectivity index (χ1n) is 43.5. The van der Waals surface area contributed by atoms with Gasteiger partial charge < -0.3 is 75.8 Å². The van der Waals surface area contributed by atoms with E-state index in [0.29, 0.717) is 17.5 Å². The van der Waals surface area contributed by atoms with E-state index in [-0.39, 0.29) is 220 Å². The van der Waals surface area contributed by atoms with Crippen LogP contribution in [0.4, 0.5) is 0 Å². The van der Waals surface area contributed by atoms with Crippen molar-refractivity contribution in [2.24, 2.45) is 0 Å². The Kier molecular flexibility index (Phi) is 27.6. The molecule has 0 fully saturated rings. The fourth-order valence-electron chi connectivity index (χ4n) is 15.9. The highest BCUT2D eigenvalue weighted by atomic mass is 16.7. The molecule has 0 N–H and O–H groups in total. The molecule has 0 radical (unpaired) electrons. The van der Waals surface area contributed by atoms with Crippen molar-refractivity contribution in [1.29, 1.82) is 0 Å². The summed E-state index contributed by atoms with van der Waals surface area (Å²) in [7, 11) is 0. The first kappa shape index (κ1) is 91.9. The van der Waals surface area contributed by atoms with Crippen molar-refractivity contribution >= 4 is 103 Å². The van der Waals surface area contributed by atoms with Gasteiger partial charge in [0.1, 0.15) is 134 Å². The fourth-order valence-corrected chi connectivity index (χ4v) is 15.9. The smallest absolute Gasteiger partial charge is 0.335 e. The van der Waals surface area contributed by atoms with E-state index >= 15 is 28.8 Å². The van der Waals surface area contributed by atoms with Crippen molar-refractivity contribution in [2.75, 3.05) is 33.2 Å². The summed E-state index contributed by atoms with van der Waals surface area (Å²) in [4.78, 5) is 149. The normalized spacial score (nSPS) is 12.4. The highest BCUT2D eigenvalue weighted by Crippen LogP contribution is 2.59. The molecule has 0 aliphatic carbocycles. The number of carbonyl (C=O) groups excluding carboxylic acids is 10. The van der Waals surface area contributed by atoms with Crippen molar-refractivity contribution in [2.45, 2.75) is 45.2 Å². The lowest BCUT2D eigenvalue weighted by Gasteiger charge is -2.35. The third-order valence-corrected chi connectivity index (χ3v) is 21.9. The molecule has 0 saturated heterocycles. The van der Waals surface area contributed by atoms with Gasteiger partial charge >= 0.3 is 35.8 Å².